The van der Waals surface area contributed by atoms with Crippen molar-refractivity contribution in [3.05, 3.63) is 66.1 Å². The van der Waals surface area contributed by atoms with Crippen LogP contribution in [0.4, 0.5) is 0 Å². The van der Waals surface area contributed by atoms with Crippen molar-refractivity contribution in [3.63, 3.8) is 0 Å². The number of aromatic nitrogens is 3. The summed E-state index contributed by atoms with van der Waals surface area (Å²) in [5.41, 5.74) is 0.839. The van der Waals surface area contributed by atoms with E-state index in [1.54, 1.807) is 64.3 Å². The molecule has 9 nitrogen and oxygen atoms in total. The van der Waals surface area contributed by atoms with E-state index < -0.39 is 0 Å². The van der Waals surface area contributed by atoms with Crippen LogP contribution >= 0.6 is 0 Å². The zero-order valence-corrected chi connectivity index (χ0v) is 19.0. The van der Waals surface area contributed by atoms with Crippen LogP contribution in [0.2, 0.25) is 0 Å². The van der Waals surface area contributed by atoms with E-state index in [2.05, 4.69) is 10.1 Å². The van der Waals surface area contributed by atoms with Gasteiger partial charge in [-0.1, -0.05) is 12.1 Å². The van der Waals surface area contributed by atoms with E-state index in [1.807, 2.05) is 26.0 Å². The van der Waals surface area contributed by atoms with Crippen LogP contribution < -0.4 is 9.47 Å². The standard InChI is InChI=1S/C24H27N5O4/c1-17(2)29-19(10-12-26-29)24(31)28-14-13-27(3)23(30)18-7-6-11-25-22(18)33-21-9-5-4-8-20(21)32-16-15-28/h4-12,17H,13-16H2,1-3H3. The van der Waals surface area contributed by atoms with Crippen molar-refractivity contribution in [2.45, 2.75) is 19.9 Å². The van der Waals surface area contributed by atoms with Crippen LogP contribution in [-0.2, 0) is 0 Å². The Morgan fingerprint density at radius 3 is 2.58 bits per heavy atom. The Bertz CT molecular complexity index is 1140. The van der Waals surface area contributed by atoms with Crippen molar-refractivity contribution in [2.24, 2.45) is 0 Å². The summed E-state index contributed by atoms with van der Waals surface area (Å²) in [4.78, 5) is 34.0. The minimum Gasteiger partial charge on any atom is -0.488 e. The van der Waals surface area contributed by atoms with Crippen molar-refractivity contribution in [1.82, 2.24) is 24.6 Å². The lowest BCUT2D eigenvalue weighted by Crippen LogP contribution is -2.42. The Morgan fingerprint density at radius 1 is 1.00 bits per heavy atom. The quantitative estimate of drug-likeness (QED) is 0.597. The van der Waals surface area contributed by atoms with E-state index in [1.165, 1.54) is 0 Å². The van der Waals surface area contributed by atoms with Gasteiger partial charge in [0, 0.05) is 38.6 Å². The van der Waals surface area contributed by atoms with E-state index in [-0.39, 0.29) is 30.3 Å². The first-order valence-corrected chi connectivity index (χ1v) is 10.9. The zero-order chi connectivity index (χ0) is 23.4. The summed E-state index contributed by atoms with van der Waals surface area (Å²) in [6.07, 6.45) is 3.20. The molecule has 0 radical (unpaired) electrons. The predicted octanol–water partition coefficient (Wildman–Crippen LogP) is 3.26. The number of hydrogen-bond acceptors (Lipinski definition) is 6. The van der Waals surface area contributed by atoms with Crippen LogP contribution in [0.5, 0.6) is 17.4 Å². The maximum absolute atomic E-state index is 13.4. The lowest BCUT2D eigenvalue weighted by Gasteiger charge is -2.26. The summed E-state index contributed by atoms with van der Waals surface area (Å²) in [5, 5.41) is 4.28. The van der Waals surface area contributed by atoms with Crippen molar-refractivity contribution in [1.29, 1.82) is 0 Å². The van der Waals surface area contributed by atoms with Crippen molar-refractivity contribution in [2.75, 3.05) is 33.3 Å². The molecule has 0 aliphatic carbocycles. The molecule has 4 rings (SSSR count). The van der Waals surface area contributed by atoms with Crippen LogP contribution in [0, 0.1) is 0 Å². The summed E-state index contributed by atoms with van der Waals surface area (Å²) >= 11 is 0. The van der Waals surface area contributed by atoms with Gasteiger partial charge >= 0.3 is 0 Å². The molecule has 0 saturated carbocycles. The smallest absolute Gasteiger partial charge is 0.272 e. The molecule has 0 atom stereocenters. The zero-order valence-electron chi connectivity index (χ0n) is 19.0. The van der Waals surface area contributed by atoms with Gasteiger partial charge in [0.15, 0.2) is 11.5 Å². The number of fused-ring (bicyclic) bond motifs is 2. The lowest BCUT2D eigenvalue weighted by atomic mass is 10.2. The SMILES string of the molecule is CC(C)n1nccc1C(=O)N1CCOc2ccccc2Oc2ncccc2C(=O)N(C)CC1. The molecular weight excluding hydrogens is 422 g/mol. The molecule has 0 fully saturated rings. The Hall–Kier alpha value is -3.88. The van der Waals surface area contributed by atoms with Gasteiger partial charge in [-0.3, -0.25) is 14.3 Å². The molecule has 9 heteroatoms. The van der Waals surface area contributed by atoms with E-state index >= 15 is 0 Å². The third kappa shape index (κ3) is 4.82. The van der Waals surface area contributed by atoms with Crippen LogP contribution in [0.1, 0.15) is 40.7 Å². The number of likely N-dealkylation sites (N-methyl/N-ethyl adjacent to an activating group) is 1. The molecule has 2 amide bonds. The van der Waals surface area contributed by atoms with Gasteiger partial charge < -0.3 is 19.3 Å². The summed E-state index contributed by atoms with van der Waals surface area (Å²) in [6, 6.07) is 12.3. The number of nitrogens with zero attached hydrogens (tertiary/aromatic N) is 5. The lowest BCUT2D eigenvalue weighted by molar-refractivity contribution is 0.0659. The number of para-hydroxylation sites is 2. The summed E-state index contributed by atoms with van der Waals surface area (Å²) in [7, 11) is 1.70. The molecular formula is C24H27N5O4. The molecule has 0 N–H and O–H groups in total. The topological polar surface area (TPSA) is 89.8 Å². The van der Waals surface area contributed by atoms with Gasteiger partial charge in [-0.05, 0) is 44.2 Å². The van der Waals surface area contributed by atoms with Crippen molar-refractivity contribution < 1.29 is 19.1 Å². The largest absolute Gasteiger partial charge is 0.488 e. The molecule has 172 valence electrons. The van der Waals surface area contributed by atoms with E-state index in [4.69, 9.17) is 9.47 Å². The number of hydrogen-bond donors (Lipinski definition) is 0. The number of rotatable bonds is 2. The van der Waals surface area contributed by atoms with E-state index in [0.717, 1.165) is 0 Å². The molecule has 0 saturated heterocycles. The number of carbonyl (C=O) groups excluding carboxylic acids is 2. The molecule has 33 heavy (non-hydrogen) atoms. The number of benzene rings is 1. The molecule has 1 aliphatic heterocycles. The highest BCUT2D eigenvalue weighted by molar-refractivity contribution is 5.96. The fourth-order valence-corrected chi connectivity index (χ4v) is 3.61. The minimum atomic E-state index is -0.240. The van der Waals surface area contributed by atoms with Gasteiger partial charge in [-0.2, -0.15) is 5.10 Å². The van der Waals surface area contributed by atoms with Crippen LogP contribution in [0.15, 0.2) is 54.9 Å². The van der Waals surface area contributed by atoms with Crippen molar-refractivity contribution in [3.8, 4) is 17.4 Å². The molecule has 0 bridgehead atoms. The van der Waals surface area contributed by atoms with Gasteiger partial charge in [-0.15, -0.1) is 0 Å². The molecule has 3 heterocycles. The van der Waals surface area contributed by atoms with Crippen molar-refractivity contribution >= 4 is 11.8 Å². The highest BCUT2D eigenvalue weighted by Gasteiger charge is 2.24. The maximum Gasteiger partial charge on any atom is 0.272 e. The predicted molar refractivity (Wildman–Crippen MR) is 122 cm³/mol. The first-order chi connectivity index (χ1) is 16.0. The first-order valence-electron chi connectivity index (χ1n) is 10.9. The van der Waals surface area contributed by atoms with Crippen LogP contribution in [-0.4, -0.2) is 69.7 Å². The van der Waals surface area contributed by atoms with Gasteiger partial charge in [0.1, 0.15) is 17.9 Å². The maximum atomic E-state index is 13.4. The van der Waals surface area contributed by atoms with Crippen LogP contribution in [0.3, 0.4) is 0 Å². The average molecular weight is 450 g/mol. The third-order valence-electron chi connectivity index (χ3n) is 5.39. The first kappa shape index (κ1) is 22.3. The second kappa shape index (κ2) is 9.72. The minimum absolute atomic E-state index is 0.0448. The highest BCUT2D eigenvalue weighted by atomic mass is 16.5. The second-order valence-electron chi connectivity index (χ2n) is 8.03. The summed E-state index contributed by atoms with van der Waals surface area (Å²) in [5.74, 6) is 0.762. The Labute approximate surface area is 192 Å². The Balaban J connectivity index is 1.66. The number of pyridine rings is 1. The molecule has 1 aromatic carbocycles. The summed E-state index contributed by atoms with van der Waals surface area (Å²) < 4.78 is 13.6. The van der Waals surface area contributed by atoms with E-state index in [9.17, 15) is 9.59 Å². The second-order valence-corrected chi connectivity index (χ2v) is 8.03. The van der Waals surface area contributed by atoms with Crippen LogP contribution in [0.25, 0.3) is 0 Å². The molecule has 0 unspecified atom stereocenters. The normalized spacial score (nSPS) is 14.8. The molecule has 1 aliphatic rings. The van der Waals surface area contributed by atoms with Gasteiger partial charge in [0.05, 0.1) is 6.54 Å². The Morgan fingerprint density at radius 2 is 1.79 bits per heavy atom. The average Bonchev–Trinajstić information content (AvgIpc) is 3.31. The van der Waals surface area contributed by atoms with Gasteiger partial charge in [0.25, 0.3) is 11.8 Å². The highest BCUT2D eigenvalue weighted by Crippen LogP contribution is 2.32. The number of carbonyl (C=O) groups is 2. The van der Waals surface area contributed by atoms with Gasteiger partial charge in [0.2, 0.25) is 5.88 Å². The van der Waals surface area contributed by atoms with Gasteiger partial charge in [-0.25, -0.2) is 4.98 Å². The molecule has 2 aromatic heterocycles. The fourth-order valence-electron chi connectivity index (χ4n) is 3.61. The third-order valence-corrected chi connectivity index (χ3v) is 5.39. The number of ether oxygens (including phenoxy) is 2. The fraction of sp³-hybridized carbons (Fsp3) is 0.333. The monoisotopic (exact) mass is 449 g/mol. The molecule has 3 aromatic rings. The Kier molecular flexibility index (Phi) is 6.58. The number of amides is 2. The summed E-state index contributed by atoms with van der Waals surface area (Å²) in [6.45, 7) is 5.22. The van der Waals surface area contributed by atoms with E-state index in [0.29, 0.717) is 42.4 Å². The molecule has 0 spiro atoms.